The van der Waals surface area contributed by atoms with E-state index in [4.69, 9.17) is 5.26 Å². The summed E-state index contributed by atoms with van der Waals surface area (Å²) >= 11 is 0. The Labute approximate surface area is 110 Å². The highest BCUT2D eigenvalue weighted by molar-refractivity contribution is 5.69. The Kier molecular flexibility index (Phi) is 2.62. The highest BCUT2D eigenvalue weighted by Crippen LogP contribution is 2.23. The van der Waals surface area contributed by atoms with E-state index in [1.54, 1.807) is 12.4 Å². The number of imidazole rings is 1. The van der Waals surface area contributed by atoms with Gasteiger partial charge in [0.2, 0.25) is 0 Å². The minimum absolute atomic E-state index is 0.418. The average Bonchev–Trinajstić information content (AvgIpc) is 2.86. The lowest BCUT2D eigenvalue weighted by Gasteiger charge is -2.04. The van der Waals surface area contributed by atoms with Gasteiger partial charge >= 0.3 is 0 Å². The Balaban J connectivity index is 2.33. The third-order valence-electron chi connectivity index (χ3n) is 2.95. The highest BCUT2D eigenvalue weighted by atomic mass is 15.0. The van der Waals surface area contributed by atoms with Crippen LogP contribution in [0.5, 0.6) is 0 Å². The molecule has 0 amide bonds. The Hall–Kier alpha value is -2.87. The Morgan fingerprint density at radius 1 is 1.32 bits per heavy atom. The van der Waals surface area contributed by atoms with Crippen molar-refractivity contribution in [3.8, 4) is 17.5 Å². The van der Waals surface area contributed by atoms with Crippen molar-refractivity contribution in [3.05, 3.63) is 48.5 Å². The smallest absolute Gasteiger partial charge is 0.166 e. The van der Waals surface area contributed by atoms with Crippen molar-refractivity contribution < 1.29 is 0 Å². The Morgan fingerprint density at radius 3 is 2.89 bits per heavy atom. The summed E-state index contributed by atoms with van der Waals surface area (Å²) in [6, 6.07) is 9.71. The van der Waals surface area contributed by atoms with E-state index in [0.717, 1.165) is 22.6 Å². The molecule has 3 aromatic heterocycles. The SMILES string of the molecule is CNc1ccc2c(C#N)nc(-c3cccnc3)n2c1. The summed E-state index contributed by atoms with van der Waals surface area (Å²) in [5.41, 5.74) is 3.05. The summed E-state index contributed by atoms with van der Waals surface area (Å²) in [5.74, 6) is 0.719. The van der Waals surface area contributed by atoms with Crippen LogP contribution >= 0.6 is 0 Å². The monoisotopic (exact) mass is 249 g/mol. The molecule has 0 atom stereocenters. The second kappa shape index (κ2) is 4.42. The molecule has 0 aromatic carbocycles. The largest absolute Gasteiger partial charge is 0.387 e. The average molecular weight is 249 g/mol. The van der Waals surface area contributed by atoms with Crippen LogP contribution < -0.4 is 5.32 Å². The van der Waals surface area contributed by atoms with E-state index in [1.165, 1.54) is 0 Å². The molecule has 5 nitrogen and oxygen atoms in total. The molecule has 0 fully saturated rings. The summed E-state index contributed by atoms with van der Waals surface area (Å²) in [7, 11) is 1.85. The van der Waals surface area contributed by atoms with Gasteiger partial charge < -0.3 is 5.32 Å². The second-order valence-electron chi connectivity index (χ2n) is 4.06. The number of fused-ring (bicyclic) bond motifs is 1. The van der Waals surface area contributed by atoms with E-state index in [-0.39, 0.29) is 0 Å². The maximum Gasteiger partial charge on any atom is 0.166 e. The lowest BCUT2D eigenvalue weighted by molar-refractivity contribution is 1.15. The summed E-state index contributed by atoms with van der Waals surface area (Å²) in [6.45, 7) is 0. The lowest BCUT2D eigenvalue weighted by Crippen LogP contribution is -1.94. The molecule has 1 N–H and O–H groups in total. The fourth-order valence-corrected chi connectivity index (χ4v) is 2.01. The first-order valence-corrected chi connectivity index (χ1v) is 5.84. The van der Waals surface area contributed by atoms with Gasteiger partial charge in [0, 0.05) is 31.2 Å². The first-order chi connectivity index (χ1) is 9.33. The molecule has 0 aliphatic carbocycles. The van der Waals surface area contributed by atoms with Crippen molar-refractivity contribution in [1.29, 1.82) is 5.26 Å². The molecule has 3 rings (SSSR count). The first-order valence-electron chi connectivity index (χ1n) is 5.84. The molecule has 0 saturated carbocycles. The molecular formula is C14H11N5. The molecule has 0 bridgehead atoms. The van der Waals surface area contributed by atoms with Crippen LogP contribution in [-0.2, 0) is 0 Å². The number of hydrogen-bond acceptors (Lipinski definition) is 4. The number of pyridine rings is 2. The summed E-state index contributed by atoms with van der Waals surface area (Å²) in [4.78, 5) is 8.48. The predicted octanol–water partition coefficient (Wildman–Crippen LogP) is 2.31. The van der Waals surface area contributed by atoms with E-state index < -0.39 is 0 Å². The second-order valence-corrected chi connectivity index (χ2v) is 4.06. The van der Waals surface area contributed by atoms with Gasteiger partial charge in [0.05, 0.1) is 11.2 Å². The molecule has 0 radical (unpaired) electrons. The van der Waals surface area contributed by atoms with Crippen molar-refractivity contribution in [2.45, 2.75) is 0 Å². The fraction of sp³-hybridized carbons (Fsp3) is 0.0714. The molecular weight excluding hydrogens is 238 g/mol. The lowest BCUT2D eigenvalue weighted by atomic mass is 10.2. The third-order valence-corrected chi connectivity index (χ3v) is 2.95. The van der Waals surface area contributed by atoms with E-state index in [2.05, 4.69) is 21.4 Å². The van der Waals surface area contributed by atoms with Gasteiger partial charge in [0.25, 0.3) is 0 Å². The number of nitrogens with one attached hydrogen (secondary N) is 1. The minimum Gasteiger partial charge on any atom is -0.387 e. The zero-order chi connectivity index (χ0) is 13.2. The molecule has 0 aliphatic heterocycles. The van der Waals surface area contributed by atoms with E-state index >= 15 is 0 Å². The topological polar surface area (TPSA) is 66.0 Å². The normalized spacial score (nSPS) is 10.3. The quantitative estimate of drug-likeness (QED) is 0.756. The van der Waals surface area contributed by atoms with Gasteiger partial charge in [-0.1, -0.05) is 0 Å². The summed E-state index contributed by atoms with van der Waals surface area (Å²) < 4.78 is 1.90. The maximum absolute atomic E-state index is 9.17. The van der Waals surface area contributed by atoms with E-state index in [1.807, 2.05) is 41.9 Å². The number of nitriles is 1. The van der Waals surface area contributed by atoms with Crippen LogP contribution in [0.2, 0.25) is 0 Å². The van der Waals surface area contributed by atoms with Gasteiger partial charge in [-0.05, 0) is 24.3 Å². The molecule has 3 aromatic rings. The molecule has 0 unspecified atom stereocenters. The molecule has 5 heteroatoms. The van der Waals surface area contributed by atoms with Crippen LogP contribution in [0.25, 0.3) is 16.9 Å². The third kappa shape index (κ3) is 1.79. The summed E-state index contributed by atoms with van der Waals surface area (Å²) in [6.07, 6.45) is 5.37. The zero-order valence-electron chi connectivity index (χ0n) is 10.3. The fourth-order valence-electron chi connectivity index (χ4n) is 2.01. The van der Waals surface area contributed by atoms with Crippen molar-refractivity contribution in [1.82, 2.24) is 14.4 Å². The standard InChI is InChI=1S/C14H11N5/c1-16-11-4-5-13-12(7-15)18-14(19(13)9-11)10-3-2-6-17-8-10/h2-6,8-9,16H,1H3. The molecule has 3 heterocycles. The van der Waals surface area contributed by atoms with Crippen molar-refractivity contribution >= 4 is 11.2 Å². The van der Waals surface area contributed by atoms with Crippen molar-refractivity contribution in [2.75, 3.05) is 12.4 Å². The predicted molar refractivity (Wildman–Crippen MR) is 72.7 cm³/mol. The first kappa shape index (κ1) is 11.2. The number of nitrogens with zero attached hydrogens (tertiary/aromatic N) is 4. The van der Waals surface area contributed by atoms with Crippen LogP contribution in [0.4, 0.5) is 5.69 Å². The number of rotatable bonds is 2. The van der Waals surface area contributed by atoms with Crippen LogP contribution in [0.15, 0.2) is 42.9 Å². The molecule has 19 heavy (non-hydrogen) atoms. The van der Waals surface area contributed by atoms with Gasteiger partial charge in [-0.15, -0.1) is 0 Å². The molecule has 0 aliphatic rings. The van der Waals surface area contributed by atoms with Crippen molar-refractivity contribution in [2.24, 2.45) is 0 Å². The van der Waals surface area contributed by atoms with Gasteiger partial charge in [0.1, 0.15) is 11.9 Å². The minimum atomic E-state index is 0.418. The Bertz CT molecular complexity index is 768. The zero-order valence-corrected chi connectivity index (χ0v) is 10.3. The summed E-state index contributed by atoms with van der Waals surface area (Å²) in [5, 5.41) is 12.2. The van der Waals surface area contributed by atoms with Crippen LogP contribution in [0.1, 0.15) is 5.69 Å². The highest BCUT2D eigenvalue weighted by Gasteiger charge is 2.12. The van der Waals surface area contributed by atoms with Crippen LogP contribution in [-0.4, -0.2) is 21.4 Å². The van der Waals surface area contributed by atoms with Gasteiger partial charge in [-0.25, -0.2) is 4.98 Å². The molecule has 0 saturated heterocycles. The number of aromatic nitrogens is 3. The van der Waals surface area contributed by atoms with Crippen LogP contribution in [0.3, 0.4) is 0 Å². The Morgan fingerprint density at radius 2 is 2.21 bits per heavy atom. The molecule has 0 spiro atoms. The maximum atomic E-state index is 9.17. The number of hydrogen-bond donors (Lipinski definition) is 1. The van der Waals surface area contributed by atoms with E-state index in [9.17, 15) is 0 Å². The van der Waals surface area contributed by atoms with Gasteiger partial charge in [-0.3, -0.25) is 9.38 Å². The number of anilines is 1. The van der Waals surface area contributed by atoms with Crippen LogP contribution in [0, 0.1) is 11.3 Å². The van der Waals surface area contributed by atoms with Gasteiger partial charge in [0.15, 0.2) is 5.69 Å². The van der Waals surface area contributed by atoms with Gasteiger partial charge in [-0.2, -0.15) is 5.26 Å². The molecule has 92 valence electrons. The van der Waals surface area contributed by atoms with E-state index in [0.29, 0.717) is 5.69 Å². The van der Waals surface area contributed by atoms with Crippen molar-refractivity contribution in [3.63, 3.8) is 0 Å².